The van der Waals surface area contributed by atoms with Crippen LogP contribution in [-0.4, -0.2) is 23.5 Å². The van der Waals surface area contributed by atoms with E-state index in [1.54, 1.807) is 0 Å². The second-order valence-electron chi connectivity index (χ2n) is 10.5. The van der Waals surface area contributed by atoms with E-state index in [1.165, 1.54) is 0 Å². The summed E-state index contributed by atoms with van der Waals surface area (Å²) in [5, 5.41) is 3.79. The first-order valence-electron chi connectivity index (χ1n) is 13.3. The first kappa shape index (κ1) is 25.9. The maximum atomic E-state index is 13.5. The van der Waals surface area contributed by atoms with Gasteiger partial charge in [0.2, 0.25) is 0 Å². The molecule has 1 unspecified atom stereocenters. The van der Waals surface area contributed by atoms with Crippen LogP contribution in [0.15, 0.2) is 42.5 Å². The standard InChI is InChI=1S/C31H38N2O3/c1-6-20-12-11-13-21(7-2)29(20)33-27(34)19-36-30(35)28-23-14-9-10-15-25(23)32-26-17-16-22(18-24(26)28)31(4,5)8-3/h9-15,22H,6-8,16-19H2,1-5H3,(H,33,34). The largest absolute Gasteiger partial charge is 0.452 e. The van der Waals surface area contributed by atoms with Crippen molar-refractivity contribution in [3.05, 3.63) is 70.4 Å². The molecule has 0 bridgehead atoms. The third kappa shape index (κ3) is 5.16. The smallest absolute Gasteiger partial charge is 0.339 e. The molecule has 3 aromatic rings. The SMILES string of the molecule is CCc1cccc(CC)c1NC(=O)COC(=O)c1c2c(nc3ccccc13)CCC(C(C)(C)CC)C2. The number of ether oxygens (including phenoxy) is 1. The number of para-hydroxylation sites is 2. The molecule has 5 nitrogen and oxygen atoms in total. The van der Waals surface area contributed by atoms with Crippen molar-refractivity contribution in [2.75, 3.05) is 11.9 Å². The van der Waals surface area contributed by atoms with Gasteiger partial charge in [0.15, 0.2) is 6.61 Å². The van der Waals surface area contributed by atoms with Gasteiger partial charge in [-0.25, -0.2) is 4.79 Å². The second-order valence-corrected chi connectivity index (χ2v) is 10.5. The van der Waals surface area contributed by atoms with Crippen LogP contribution in [0.4, 0.5) is 5.69 Å². The van der Waals surface area contributed by atoms with Crippen LogP contribution in [0.1, 0.15) is 80.2 Å². The molecule has 1 aromatic heterocycles. The fourth-order valence-corrected chi connectivity index (χ4v) is 5.36. The molecule has 0 saturated carbocycles. The monoisotopic (exact) mass is 486 g/mol. The lowest BCUT2D eigenvalue weighted by Crippen LogP contribution is -2.31. The summed E-state index contributed by atoms with van der Waals surface area (Å²) in [6.45, 7) is 10.6. The van der Waals surface area contributed by atoms with Crippen molar-refractivity contribution < 1.29 is 14.3 Å². The minimum atomic E-state index is -0.450. The Morgan fingerprint density at radius 1 is 1.03 bits per heavy atom. The minimum absolute atomic E-state index is 0.175. The lowest BCUT2D eigenvalue weighted by Gasteiger charge is -2.37. The molecule has 190 valence electrons. The van der Waals surface area contributed by atoms with Gasteiger partial charge in [-0.3, -0.25) is 9.78 Å². The maximum absolute atomic E-state index is 13.5. The summed E-state index contributed by atoms with van der Waals surface area (Å²) in [5.74, 6) is -0.309. The minimum Gasteiger partial charge on any atom is -0.452 e. The zero-order valence-electron chi connectivity index (χ0n) is 22.2. The van der Waals surface area contributed by atoms with Gasteiger partial charge in [0.25, 0.3) is 5.91 Å². The topological polar surface area (TPSA) is 68.3 Å². The number of amides is 1. The van der Waals surface area contributed by atoms with Crippen molar-refractivity contribution in [3.8, 4) is 0 Å². The van der Waals surface area contributed by atoms with Crippen LogP contribution in [0.25, 0.3) is 10.9 Å². The first-order valence-corrected chi connectivity index (χ1v) is 13.3. The van der Waals surface area contributed by atoms with Gasteiger partial charge in [-0.05, 0) is 66.2 Å². The molecule has 36 heavy (non-hydrogen) atoms. The highest BCUT2D eigenvalue weighted by atomic mass is 16.5. The van der Waals surface area contributed by atoms with Gasteiger partial charge in [0.1, 0.15) is 0 Å². The molecule has 1 N–H and O–H groups in total. The average molecular weight is 487 g/mol. The van der Waals surface area contributed by atoms with Crippen molar-refractivity contribution in [2.45, 2.75) is 73.1 Å². The van der Waals surface area contributed by atoms with Gasteiger partial charge >= 0.3 is 5.97 Å². The molecule has 1 atom stereocenters. The van der Waals surface area contributed by atoms with Gasteiger partial charge in [0, 0.05) is 16.8 Å². The summed E-state index contributed by atoms with van der Waals surface area (Å²) in [5.41, 5.74) is 6.50. The third-order valence-corrected chi connectivity index (χ3v) is 8.08. The Kier molecular flexibility index (Phi) is 7.77. The number of benzene rings is 2. The second kappa shape index (κ2) is 10.8. The van der Waals surface area contributed by atoms with E-state index in [4.69, 9.17) is 9.72 Å². The van der Waals surface area contributed by atoms with Crippen LogP contribution in [-0.2, 0) is 35.2 Å². The number of carbonyl (C=O) groups is 2. The Morgan fingerprint density at radius 3 is 2.39 bits per heavy atom. The van der Waals surface area contributed by atoms with E-state index in [1.807, 2.05) is 42.5 Å². The molecule has 0 radical (unpaired) electrons. The molecule has 1 heterocycles. The fourth-order valence-electron chi connectivity index (χ4n) is 5.36. The number of nitrogens with zero attached hydrogens (tertiary/aromatic N) is 1. The van der Waals surface area contributed by atoms with Crippen molar-refractivity contribution in [1.29, 1.82) is 0 Å². The van der Waals surface area contributed by atoms with Crippen LogP contribution >= 0.6 is 0 Å². The Hall–Kier alpha value is -3.21. The van der Waals surface area contributed by atoms with Gasteiger partial charge in [-0.2, -0.15) is 0 Å². The number of rotatable bonds is 8. The molecule has 0 spiro atoms. The number of hydrogen-bond acceptors (Lipinski definition) is 4. The molecular weight excluding hydrogens is 448 g/mol. The van der Waals surface area contributed by atoms with Crippen molar-refractivity contribution in [1.82, 2.24) is 4.98 Å². The van der Waals surface area contributed by atoms with E-state index in [0.29, 0.717) is 11.5 Å². The van der Waals surface area contributed by atoms with Crippen LogP contribution in [0.5, 0.6) is 0 Å². The zero-order valence-corrected chi connectivity index (χ0v) is 22.2. The Balaban J connectivity index is 1.60. The highest BCUT2D eigenvalue weighted by Crippen LogP contribution is 2.41. The molecule has 4 rings (SSSR count). The van der Waals surface area contributed by atoms with E-state index in [9.17, 15) is 9.59 Å². The lowest BCUT2D eigenvalue weighted by molar-refractivity contribution is -0.119. The predicted octanol–water partition coefficient (Wildman–Crippen LogP) is 6.70. The zero-order chi connectivity index (χ0) is 25.9. The summed E-state index contributed by atoms with van der Waals surface area (Å²) >= 11 is 0. The van der Waals surface area contributed by atoms with Crippen LogP contribution < -0.4 is 5.32 Å². The Morgan fingerprint density at radius 2 is 1.72 bits per heavy atom. The Bertz CT molecular complexity index is 1260. The molecular formula is C31H38N2O3. The quantitative estimate of drug-likeness (QED) is 0.360. The third-order valence-electron chi connectivity index (χ3n) is 8.08. The molecule has 5 heteroatoms. The van der Waals surface area contributed by atoms with E-state index in [2.05, 4.69) is 39.9 Å². The molecule has 1 aliphatic carbocycles. The number of nitrogens with one attached hydrogen (secondary N) is 1. The highest BCUT2D eigenvalue weighted by Gasteiger charge is 2.34. The number of anilines is 1. The van der Waals surface area contributed by atoms with Crippen LogP contribution in [0, 0.1) is 11.3 Å². The molecule has 2 aromatic carbocycles. The Labute approximate surface area is 214 Å². The number of aryl methyl sites for hydroxylation is 3. The summed E-state index contributed by atoms with van der Waals surface area (Å²) in [4.78, 5) is 31.3. The van der Waals surface area contributed by atoms with Crippen molar-refractivity contribution in [2.24, 2.45) is 11.3 Å². The average Bonchev–Trinajstić information content (AvgIpc) is 2.90. The fraction of sp³-hybridized carbons (Fsp3) is 0.452. The number of hydrogen-bond donors (Lipinski definition) is 1. The van der Waals surface area contributed by atoms with Gasteiger partial charge < -0.3 is 10.1 Å². The van der Waals surface area contributed by atoms with Gasteiger partial charge in [0.05, 0.1) is 11.1 Å². The lowest BCUT2D eigenvalue weighted by atomic mass is 9.68. The van der Waals surface area contributed by atoms with Gasteiger partial charge in [-0.15, -0.1) is 0 Å². The van der Waals surface area contributed by atoms with Gasteiger partial charge in [-0.1, -0.05) is 77.4 Å². The summed E-state index contributed by atoms with van der Waals surface area (Å²) in [6, 6.07) is 13.8. The number of aromatic nitrogens is 1. The van der Waals surface area contributed by atoms with Crippen LogP contribution in [0.2, 0.25) is 0 Å². The number of esters is 1. The van der Waals surface area contributed by atoms with E-state index in [-0.39, 0.29) is 17.9 Å². The van der Waals surface area contributed by atoms with E-state index < -0.39 is 5.97 Å². The summed E-state index contributed by atoms with van der Waals surface area (Å²) in [6.07, 6.45) is 5.41. The molecule has 1 amide bonds. The molecule has 0 saturated heterocycles. The predicted molar refractivity (Wildman–Crippen MR) is 145 cm³/mol. The van der Waals surface area contributed by atoms with Crippen LogP contribution in [0.3, 0.4) is 0 Å². The van der Waals surface area contributed by atoms with E-state index >= 15 is 0 Å². The van der Waals surface area contributed by atoms with E-state index in [0.717, 1.165) is 77.5 Å². The molecule has 0 aliphatic heterocycles. The summed E-state index contributed by atoms with van der Waals surface area (Å²) < 4.78 is 5.65. The summed E-state index contributed by atoms with van der Waals surface area (Å²) in [7, 11) is 0. The number of carbonyl (C=O) groups excluding carboxylic acids is 2. The maximum Gasteiger partial charge on any atom is 0.339 e. The molecule has 1 aliphatic rings. The first-order chi connectivity index (χ1) is 17.3. The van der Waals surface area contributed by atoms with Crippen molar-refractivity contribution >= 4 is 28.5 Å². The van der Waals surface area contributed by atoms with Crippen molar-refractivity contribution in [3.63, 3.8) is 0 Å². The molecule has 0 fully saturated rings. The normalized spacial score (nSPS) is 15.4. The number of fused-ring (bicyclic) bond motifs is 2. The highest BCUT2D eigenvalue weighted by molar-refractivity contribution is 6.06. The number of pyridine rings is 1.